The van der Waals surface area contributed by atoms with E-state index in [2.05, 4.69) is 24.1 Å². The molecule has 20 heavy (non-hydrogen) atoms. The number of carbonyl (C=O) groups is 3. The minimum absolute atomic E-state index is 0.118. The van der Waals surface area contributed by atoms with Gasteiger partial charge < -0.3 is 5.32 Å². The van der Waals surface area contributed by atoms with Crippen molar-refractivity contribution in [2.75, 3.05) is 13.1 Å². The average molecular weight is 275 g/mol. The van der Waals surface area contributed by atoms with Gasteiger partial charge in [-0.15, -0.1) is 0 Å². The minimum atomic E-state index is -0.510. The number of nitrogens with one attached hydrogen (secondary N) is 1. The molecule has 6 nitrogen and oxygen atoms in total. The van der Waals surface area contributed by atoms with E-state index in [1.807, 2.05) is 0 Å². The number of nitrogens with zero attached hydrogens (tertiary/aromatic N) is 2. The van der Waals surface area contributed by atoms with Gasteiger partial charge >= 0.3 is 0 Å². The molecule has 1 aromatic heterocycles. The molecule has 2 rings (SSSR count). The van der Waals surface area contributed by atoms with Crippen LogP contribution in [-0.2, 0) is 4.79 Å². The Bertz CT molecular complexity index is 519. The number of pyridine rings is 1. The van der Waals surface area contributed by atoms with Crippen LogP contribution in [0.5, 0.6) is 0 Å². The molecule has 0 radical (unpaired) electrons. The summed E-state index contributed by atoms with van der Waals surface area (Å²) in [4.78, 5) is 40.6. The van der Waals surface area contributed by atoms with Gasteiger partial charge in [0.25, 0.3) is 11.8 Å². The summed E-state index contributed by atoms with van der Waals surface area (Å²) in [6.07, 6.45) is 2.31. The van der Waals surface area contributed by atoms with E-state index in [4.69, 9.17) is 0 Å². The van der Waals surface area contributed by atoms with E-state index in [-0.39, 0.29) is 23.7 Å². The van der Waals surface area contributed by atoms with Gasteiger partial charge in [0, 0.05) is 12.7 Å². The molecule has 0 aromatic carbocycles. The minimum Gasteiger partial charge on any atom is -0.355 e. The molecule has 2 heterocycles. The van der Waals surface area contributed by atoms with Gasteiger partial charge in [0.2, 0.25) is 5.91 Å². The van der Waals surface area contributed by atoms with Crippen molar-refractivity contribution in [1.29, 1.82) is 0 Å². The largest absolute Gasteiger partial charge is 0.355 e. The van der Waals surface area contributed by atoms with Crippen molar-refractivity contribution in [1.82, 2.24) is 15.2 Å². The van der Waals surface area contributed by atoms with Crippen molar-refractivity contribution in [2.45, 2.75) is 20.3 Å². The maximum absolute atomic E-state index is 12.0. The Morgan fingerprint density at radius 1 is 1.35 bits per heavy atom. The smallest absolute Gasteiger partial charge is 0.280 e. The molecule has 1 aliphatic rings. The highest BCUT2D eigenvalue weighted by Gasteiger charge is 2.37. The highest BCUT2D eigenvalue weighted by atomic mass is 16.2. The van der Waals surface area contributed by atoms with Crippen LogP contribution in [0.4, 0.5) is 0 Å². The molecule has 0 atom stereocenters. The zero-order valence-electron chi connectivity index (χ0n) is 11.5. The Kier molecular flexibility index (Phi) is 4.12. The first-order valence-corrected chi connectivity index (χ1v) is 6.58. The van der Waals surface area contributed by atoms with Gasteiger partial charge in [0.1, 0.15) is 12.2 Å². The summed E-state index contributed by atoms with van der Waals surface area (Å²) in [5.41, 5.74) is 0.375. The number of aromatic nitrogens is 1. The first-order chi connectivity index (χ1) is 9.50. The predicted octanol–water partition coefficient (Wildman–Crippen LogP) is 0.840. The van der Waals surface area contributed by atoms with Gasteiger partial charge in [-0.25, -0.2) is 0 Å². The Balaban J connectivity index is 1.97. The second kappa shape index (κ2) is 5.81. The van der Waals surface area contributed by atoms with Crippen molar-refractivity contribution in [2.24, 2.45) is 5.92 Å². The molecule has 1 aromatic rings. The first kappa shape index (κ1) is 14.2. The molecule has 0 bridgehead atoms. The third-order valence-corrected chi connectivity index (χ3v) is 3.08. The van der Waals surface area contributed by atoms with E-state index >= 15 is 0 Å². The third kappa shape index (κ3) is 2.84. The molecule has 1 aliphatic heterocycles. The van der Waals surface area contributed by atoms with E-state index in [9.17, 15) is 14.4 Å². The van der Waals surface area contributed by atoms with Crippen LogP contribution in [0.1, 0.15) is 41.1 Å². The van der Waals surface area contributed by atoms with Crippen molar-refractivity contribution in [3.63, 3.8) is 0 Å². The zero-order chi connectivity index (χ0) is 14.7. The fourth-order valence-electron chi connectivity index (χ4n) is 1.96. The van der Waals surface area contributed by atoms with Gasteiger partial charge in [-0.2, -0.15) is 0 Å². The summed E-state index contributed by atoms with van der Waals surface area (Å²) < 4.78 is 0. The highest BCUT2D eigenvalue weighted by molar-refractivity contribution is 6.21. The topological polar surface area (TPSA) is 79.4 Å². The highest BCUT2D eigenvalue weighted by Crippen LogP contribution is 2.19. The summed E-state index contributed by atoms with van der Waals surface area (Å²) in [6, 6.07) is 3.13. The number of hydrogen-bond acceptors (Lipinski definition) is 4. The van der Waals surface area contributed by atoms with Crippen molar-refractivity contribution < 1.29 is 14.4 Å². The summed E-state index contributed by atoms with van der Waals surface area (Å²) in [5.74, 6) is -0.819. The number of fused-ring (bicyclic) bond motifs is 1. The first-order valence-electron chi connectivity index (χ1n) is 6.58. The summed E-state index contributed by atoms with van der Waals surface area (Å²) in [5, 5.41) is 2.70. The van der Waals surface area contributed by atoms with Crippen LogP contribution in [0.3, 0.4) is 0 Å². The molecular formula is C14H17N3O3. The number of imide groups is 1. The average Bonchev–Trinajstić information content (AvgIpc) is 2.64. The molecule has 3 amide bonds. The van der Waals surface area contributed by atoms with E-state index in [1.165, 1.54) is 6.20 Å². The van der Waals surface area contributed by atoms with E-state index in [0.717, 1.165) is 11.3 Å². The van der Waals surface area contributed by atoms with Crippen LogP contribution >= 0.6 is 0 Å². The monoisotopic (exact) mass is 275 g/mol. The predicted molar refractivity (Wildman–Crippen MR) is 72.1 cm³/mol. The number of hydrogen-bond donors (Lipinski definition) is 1. The summed E-state index contributed by atoms with van der Waals surface area (Å²) in [7, 11) is 0. The quantitative estimate of drug-likeness (QED) is 0.808. The number of rotatable bonds is 5. The van der Waals surface area contributed by atoms with Crippen LogP contribution in [0.2, 0.25) is 0 Å². The molecule has 0 unspecified atom stereocenters. The van der Waals surface area contributed by atoms with Gasteiger partial charge in [-0.3, -0.25) is 24.3 Å². The van der Waals surface area contributed by atoms with Crippen LogP contribution in [0.25, 0.3) is 0 Å². The molecule has 106 valence electrons. The summed E-state index contributed by atoms with van der Waals surface area (Å²) >= 11 is 0. The molecule has 6 heteroatoms. The Morgan fingerprint density at radius 2 is 2.10 bits per heavy atom. The molecule has 1 N–H and O–H groups in total. The lowest BCUT2D eigenvalue weighted by molar-refractivity contribution is -0.121. The van der Waals surface area contributed by atoms with E-state index in [0.29, 0.717) is 12.5 Å². The van der Waals surface area contributed by atoms with Crippen molar-refractivity contribution in [3.8, 4) is 0 Å². The molecule has 0 aliphatic carbocycles. The maximum atomic E-state index is 12.0. The lowest BCUT2D eigenvalue weighted by Crippen LogP contribution is -2.40. The SMILES string of the molecule is CC(C)CCNC(=O)CN1C(=O)c2cccnc2C1=O. The van der Waals surface area contributed by atoms with Gasteiger partial charge in [0.05, 0.1) is 5.56 Å². The van der Waals surface area contributed by atoms with Gasteiger partial charge in [-0.1, -0.05) is 13.8 Å². The molecular weight excluding hydrogens is 258 g/mol. The lowest BCUT2D eigenvalue weighted by atomic mass is 10.1. The second-order valence-corrected chi connectivity index (χ2v) is 5.13. The Labute approximate surface area is 117 Å². The fourth-order valence-corrected chi connectivity index (χ4v) is 1.96. The third-order valence-electron chi connectivity index (χ3n) is 3.08. The number of amides is 3. The van der Waals surface area contributed by atoms with Crippen molar-refractivity contribution in [3.05, 3.63) is 29.6 Å². The fraction of sp³-hybridized carbons (Fsp3) is 0.429. The van der Waals surface area contributed by atoms with Crippen LogP contribution in [0.15, 0.2) is 18.3 Å². The second-order valence-electron chi connectivity index (χ2n) is 5.13. The molecule has 0 fully saturated rings. The molecule has 0 saturated carbocycles. The van der Waals surface area contributed by atoms with E-state index in [1.54, 1.807) is 12.1 Å². The Morgan fingerprint density at radius 3 is 2.75 bits per heavy atom. The maximum Gasteiger partial charge on any atom is 0.280 e. The van der Waals surface area contributed by atoms with Gasteiger partial charge in [-0.05, 0) is 24.5 Å². The Hall–Kier alpha value is -2.24. The summed E-state index contributed by atoms with van der Waals surface area (Å²) in [6.45, 7) is 4.40. The van der Waals surface area contributed by atoms with E-state index < -0.39 is 11.8 Å². The standard InChI is InChI=1S/C14H17N3O3/c1-9(2)5-7-15-11(18)8-17-13(19)10-4-3-6-16-12(10)14(17)20/h3-4,6,9H,5,7-8H2,1-2H3,(H,15,18). The van der Waals surface area contributed by atoms with Crippen molar-refractivity contribution >= 4 is 17.7 Å². The number of carbonyl (C=O) groups excluding carboxylic acids is 3. The lowest BCUT2D eigenvalue weighted by Gasteiger charge is -2.13. The molecule has 0 saturated heterocycles. The van der Waals surface area contributed by atoms with Crippen LogP contribution < -0.4 is 5.32 Å². The normalized spacial score (nSPS) is 13.8. The zero-order valence-corrected chi connectivity index (χ0v) is 11.5. The van der Waals surface area contributed by atoms with Gasteiger partial charge in [0.15, 0.2) is 0 Å². The van der Waals surface area contributed by atoms with Crippen LogP contribution in [0, 0.1) is 5.92 Å². The van der Waals surface area contributed by atoms with Crippen LogP contribution in [-0.4, -0.2) is 40.7 Å². The molecule has 0 spiro atoms.